The van der Waals surface area contributed by atoms with Gasteiger partial charge in [0, 0.05) is 13.0 Å². The van der Waals surface area contributed by atoms with Crippen LogP contribution in [-0.2, 0) is 10.5 Å². The Kier molecular flexibility index (Phi) is 4.27. The lowest BCUT2D eigenvalue weighted by atomic mass is 9.93. The van der Waals surface area contributed by atoms with Gasteiger partial charge in [-0.2, -0.15) is 4.98 Å². The second-order valence-electron chi connectivity index (χ2n) is 6.32. The zero-order valence-corrected chi connectivity index (χ0v) is 13.0. The molecule has 1 aromatic rings. The molecule has 2 aliphatic rings. The van der Waals surface area contributed by atoms with Crippen LogP contribution in [-0.4, -0.2) is 34.0 Å². The minimum Gasteiger partial charge on any atom is -0.339 e. The third kappa shape index (κ3) is 3.20. The Balaban J connectivity index is 1.67. The van der Waals surface area contributed by atoms with Gasteiger partial charge in [0.2, 0.25) is 11.6 Å². The molecule has 1 atom stereocenters. The van der Waals surface area contributed by atoms with Crippen LogP contribution in [0.15, 0.2) is 16.2 Å². The van der Waals surface area contributed by atoms with Gasteiger partial charge in [-0.25, -0.2) is 4.39 Å². The van der Waals surface area contributed by atoms with E-state index >= 15 is 4.39 Å². The topological polar surface area (TPSA) is 59.2 Å². The number of carbonyl (C=O) groups is 1. The molecule has 120 valence electrons. The minimum atomic E-state index is -1.71. The average molecular weight is 307 g/mol. The molecule has 22 heavy (non-hydrogen) atoms. The lowest BCUT2D eigenvalue weighted by Gasteiger charge is -2.35. The quantitative estimate of drug-likeness (QED) is 0.805. The molecule has 1 aromatic heterocycles. The molecule has 6 heteroatoms. The molecule has 0 radical (unpaired) electrons. The monoisotopic (exact) mass is 307 g/mol. The summed E-state index contributed by atoms with van der Waals surface area (Å²) in [5, 5.41) is 3.66. The number of piperidine rings is 1. The van der Waals surface area contributed by atoms with Crippen LogP contribution in [0.25, 0.3) is 0 Å². The molecule has 1 fully saturated rings. The van der Waals surface area contributed by atoms with Crippen molar-refractivity contribution >= 4 is 5.91 Å². The summed E-state index contributed by atoms with van der Waals surface area (Å²) in [5.74, 6) is 0.424. The third-order valence-corrected chi connectivity index (χ3v) is 4.47. The molecule has 0 saturated carbocycles. The van der Waals surface area contributed by atoms with Crippen LogP contribution >= 0.6 is 0 Å². The molecule has 0 spiro atoms. The number of hydrogen-bond donors (Lipinski definition) is 0. The van der Waals surface area contributed by atoms with E-state index in [1.807, 2.05) is 0 Å². The summed E-state index contributed by atoms with van der Waals surface area (Å²) in [6, 6.07) is 0. The number of hydrogen-bond acceptors (Lipinski definition) is 4. The molecule has 1 aliphatic carbocycles. The van der Waals surface area contributed by atoms with E-state index in [1.54, 1.807) is 11.8 Å². The van der Waals surface area contributed by atoms with Crippen molar-refractivity contribution in [2.45, 2.75) is 57.5 Å². The molecule has 1 amide bonds. The zero-order chi connectivity index (χ0) is 15.6. The molecule has 3 rings (SSSR count). The Morgan fingerprint density at radius 1 is 1.45 bits per heavy atom. The van der Waals surface area contributed by atoms with Crippen LogP contribution in [0, 0.1) is 6.92 Å². The third-order valence-electron chi connectivity index (χ3n) is 4.47. The highest BCUT2D eigenvalue weighted by molar-refractivity contribution is 5.79. The van der Waals surface area contributed by atoms with E-state index in [-0.39, 0.29) is 18.3 Å². The van der Waals surface area contributed by atoms with Gasteiger partial charge in [-0.05, 0) is 45.4 Å². The van der Waals surface area contributed by atoms with Gasteiger partial charge in [0.1, 0.15) is 0 Å². The van der Waals surface area contributed by atoms with Crippen molar-refractivity contribution in [3.63, 3.8) is 0 Å². The Bertz CT molecular complexity index is 584. The van der Waals surface area contributed by atoms with Gasteiger partial charge < -0.3 is 9.42 Å². The van der Waals surface area contributed by atoms with Crippen molar-refractivity contribution < 1.29 is 13.7 Å². The number of nitrogens with zero attached hydrogens (tertiary/aromatic N) is 3. The molecular formula is C16H22FN3O2. The fraction of sp³-hybridized carbons (Fsp3) is 0.688. The number of aryl methyl sites for hydroxylation is 1. The lowest BCUT2D eigenvalue weighted by molar-refractivity contribution is -0.135. The van der Waals surface area contributed by atoms with Crippen molar-refractivity contribution in [2.24, 2.45) is 0 Å². The van der Waals surface area contributed by atoms with Crippen molar-refractivity contribution in [3.8, 4) is 0 Å². The summed E-state index contributed by atoms with van der Waals surface area (Å²) in [6.07, 6.45) is 7.90. The second kappa shape index (κ2) is 6.18. The summed E-state index contributed by atoms with van der Waals surface area (Å²) in [6.45, 7) is 2.28. The first kappa shape index (κ1) is 15.2. The Labute approximate surface area is 129 Å². The predicted molar refractivity (Wildman–Crippen MR) is 78.8 cm³/mol. The smallest absolute Gasteiger partial charge is 0.266 e. The zero-order valence-electron chi connectivity index (χ0n) is 13.0. The number of alkyl halides is 1. The Morgan fingerprint density at radius 2 is 2.32 bits per heavy atom. The standard InChI is InChI=1S/C16H22FN3O2/c1-12-18-15(22-19-12)16(17)8-5-9-20(11-16)14(21)10-13-6-3-2-4-7-13/h6H,2-5,7-11H2,1H3. The van der Waals surface area contributed by atoms with E-state index in [2.05, 4.69) is 16.2 Å². The van der Waals surface area contributed by atoms with Gasteiger partial charge in [-0.15, -0.1) is 0 Å². The van der Waals surface area contributed by atoms with Gasteiger partial charge in [0.25, 0.3) is 5.89 Å². The number of aromatic nitrogens is 2. The normalized spacial score (nSPS) is 25.9. The second-order valence-corrected chi connectivity index (χ2v) is 6.32. The fourth-order valence-electron chi connectivity index (χ4n) is 3.25. The molecule has 2 heterocycles. The maximum Gasteiger partial charge on any atom is 0.266 e. The van der Waals surface area contributed by atoms with E-state index < -0.39 is 5.67 Å². The maximum atomic E-state index is 15.1. The van der Waals surface area contributed by atoms with Crippen molar-refractivity contribution in [1.29, 1.82) is 0 Å². The van der Waals surface area contributed by atoms with Crippen LogP contribution in [0.2, 0.25) is 0 Å². The van der Waals surface area contributed by atoms with Gasteiger partial charge in [0.15, 0.2) is 5.82 Å². The number of likely N-dealkylation sites (tertiary alicyclic amines) is 1. The van der Waals surface area contributed by atoms with Crippen molar-refractivity contribution in [2.75, 3.05) is 13.1 Å². The molecule has 1 unspecified atom stereocenters. The average Bonchev–Trinajstić information content (AvgIpc) is 2.96. The van der Waals surface area contributed by atoms with Gasteiger partial charge >= 0.3 is 0 Å². The SMILES string of the molecule is Cc1noc(C2(F)CCCN(C(=O)CC3=CCCCC3)C2)n1. The molecule has 0 N–H and O–H groups in total. The van der Waals surface area contributed by atoms with Gasteiger partial charge in [-0.1, -0.05) is 16.8 Å². The first-order valence-electron chi connectivity index (χ1n) is 8.02. The predicted octanol–water partition coefficient (Wildman–Crippen LogP) is 3.06. The van der Waals surface area contributed by atoms with Crippen LogP contribution in [0.3, 0.4) is 0 Å². The number of allylic oxidation sites excluding steroid dienone is 1. The van der Waals surface area contributed by atoms with E-state index in [4.69, 9.17) is 4.52 Å². The first-order valence-corrected chi connectivity index (χ1v) is 8.02. The van der Waals surface area contributed by atoms with Crippen molar-refractivity contribution in [3.05, 3.63) is 23.4 Å². The van der Waals surface area contributed by atoms with E-state index in [0.29, 0.717) is 31.6 Å². The molecule has 0 bridgehead atoms. The molecule has 0 aromatic carbocycles. The van der Waals surface area contributed by atoms with E-state index in [9.17, 15) is 4.79 Å². The van der Waals surface area contributed by atoms with Crippen LogP contribution in [0.4, 0.5) is 4.39 Å². The lowest BCUT2D eigenvalue weighted by Crippen LogP contribution is -2.46. The summed E-state index contributed by atoms with van der Waals surface area (Å²) in [4.78, 5) is 18.1. The minimum absolute atomic E-state index is 0.000572. The number of rotatable bonds is 3. The molecule has 5 nitrogen and oxygen atoms in total. The highest BCUT2D eigenvalue weighted by Gasteiger charge is 2.43. The summed E-state index contributed by atoms with van der Waals surface area (Å²) < 4.78 is 20.1. The summed E-state index contributed by atoms with van der Waals surface area (Å²) >= 11 is 0. The molecular weight excluding hydrogens is 285 g/mol. The number of carbonyl (C=O) groups excluding carboxylic acids is 1. The molecule has 1 aliphatic heterocycles. The van der Waals surface area contributed by atoms with Crippen molar-refractivity contribution in [1.82, 2.24) is 15.0 Å². The van der Waals surface area contributed by atoms with Gasteiger partial charge in [-0.3, -0.25) is 4.79 Å². The van der Waals surface area contributed by atoms with Gasteiger partial charge in [0.05, 0.1) is 6.54 Å². The highest BCUT2D eigenvalue weighted by atomic mass is 19.1. The largest absolute Gasteiger partial charge is 0.339 e. The maximum absolute atomic E-state index is 15.1. The fourth-order valence-corrected chi connectivity index (χ4v) is 3.25. The van der Waals surface area contributed by atoms with Crippen LogP contribution < -0.4 is 0 Å². The summed E-state index contributed by atoms with van der Waals surface area (Å²) in [7, 11) is 0. The summed E-state index contributed by atoms with van der Waals surface area (Å²) in [5.41, 5.74) is -0.518. The Hall–Kier alpha value is -1.72. The van der Waals surface area contributed by atoms with Crippen LogP contribution in [0.1, 0.15) is 56.7 Å². The van der Waals surface area contributed by atoms with E-state index in [0.717, 1.165) is 19.3 Å². The van der Waals surface area contributed by atoms with E-state index in [1.165, 1.54) is 12.0 Å². The highest BCUT2D eigenvalue weighted by Crippen LogP contribution is 2.35. The molecule has 1 saturated heterocycles. The number of amides is 1. The first-order chi connectivity index (χ1) is 10.6. The van der Waals surface area contributed by atoms with Crippen LogP contribution in [0.5, 0.6) is 0 Å². The number of halogens is 1. The Morgan fingerprint density at radius 3 is 3.00 bits per heavy atom.